The average molecular weight is 456 g/mol. The van der Waals surface area contributed by atoms with Crippen molar-refractivity contribution in [1.29, 1.82) is 0 Å². The van der Waals surface area contributed by atoms with Crippen LogP contribution in [0.4, 0.5) is 0 Å². The van der Waals surface area contributed by atoms with Crippen molar-refractivity contribution in [3.63, 3.8) is 0 Å². The smallest absolute Gasteiger partial charge is 0.160 e. The van der Waals surface area contributed by atoms with Gasteiger partial charge in [0.05, 0.1) is 14.3 Å². The molecule has 2 saturated carbocycles. The van der Waals surface area contributed by atoms with E-state index in [1.807, 2.05) is 28.7 Å². The maximum atomic E-state index is 11.1. The lowest BCUT2D eigenvalue weighted by molar-refractivity contribution is 0.112. The number of carbonyl (C=O) groups excluding carboxylic acids is 1. The molecule has 5 heteroatoms. The minimum absolute atomic E-state index is 0.745. The number of hydrogen-bond acceptors (Lipinski definition) is 5. The van der Waals surface area contributed by atoms with Gasteiger partial charge in [-0.15, -0.1) is 34.0 Å². The maximum absolute atomic E-state index is 11.1. The van der Waals surface area contributed by atoms with Crippen molar-refractivity contribution in [2.75, 3.05) is 6.54 Å². The maximum Gasteiger partial charge on any atom is 0.160 e. The third kappa shape index (κ3) is 3.16. The Labute approximate surface area is 190 Å². The van der Waals surface area contributed by atoms with Crippen LogP contribution < -0.4 is 0 Å². The van der Waals surface area contributed by atoms with Gasteiger partial charge in [-0.25, -0.2) is 0 Å². The summed E-state index contributed by atoms with van der Waals surface area (Å²) in [5, 5.41) is 0. The lowest BCUT2D eigenvalue weighted by Crippen LogP contribution is -2.40. The number of hydrogen-bond donors (Lipinski definition) is 0. The molecule has 1 saturated heterocycles. The number of thiophene rings is 3. The van der Waals surface area contributed by atoms with Gasteiger partial charge >= 0.3 is 0 Å². The first kappa shape index (κ1) is 19.7. The van der Waals surface area contributed by atoms with Crippen LogP contribution in [0.5, 0.6) is 0 Å². The van der Waals surface area contributed by atoms with Gasteiger partial charge in [0, 0.05) is 26.4 Å². The second kappa shape index (κ2) is 7.84. The molecule has 0 radical (unpaired) electrons. The molecule has 3 fully saturated rings. The van der Waals surface area contributed by atoms with E-state index in [9.17, 15) is 4.79 Å². The van der Waals surface area contributed by atoms with Crippen LogP contribution in [-0.4, -0.2) is 29.8 Å². The van der Waals surface area contributed by atoms with Crippen molar-refractivity contribution in [2.45, 2.75) is 64.0 Å². The van der Waals surface area contributed by atoms with Crippen molar-refractivity contribution in [3.05, 3.63) is 28.0 Å². The van der Waals surface area contributed by atoms with Crippen LogP contribution in [0, 0.1) is 17.8 Å². The van der Waals surface area contributed by atoms with E-state index in [1.165, 1.54) is 75.2 Å². The first-order valence-electron chi connectivity index (χ1n) is 11.6. The summed E-state index contributed by atoms with van der Waals surface area (Å²) >= 11 is 5.37. The summed E-state index contributed by atoms with van der Waals surface area (Å²) in [5.41, 5.74) is 0. The zero-order chi connectivity index (χ0) is 20.2. The highest BCUT2D eigenvalue weighted by atomic mass is 32.1. The Morgan fingerprint density at radius 1 is 0.933 bits per heavy atom. The van der Waals surface area contributed by atoms with Gasteiger partial charge in [-0.05, 0) is 74.6 Å². The molecule has 3 aromatic heterocycles. The first-order valence-corrected chi connectivity index (χ1v) is 14.0. The fraction of sp³-hybridized carbons (Fsp3) is 0.560. The third-order valence-corrected chi connectivity index (χ3v) is 11.6. The van der Waals surface area contributed by atoms with Crippen LogP contribution in [0.1, 0.15) is 66.4 Å². The van der Waals surface area contributed by atoms with E-state index in [1.54, 1.807) is 11.3 Å². The summed E-state index contributed by atoms with van der Waals surface area (Å²) in [7, 11) is 0. The van der Waals surface area contributed by atoms with Crippen LogP contribution in [0.15, 0.2) is 18.2 Å². The lowest BCUT2D eigenvalue weighted by Gasteiger charge is -2.35. The van der Waals surface area contributed by atoms with E-state index in [2.05, 4.69) is 30.0 Å². The zero-order valence-corrected chi connectivity index (χ0v) is 20.0. The Morgan fingerprint density at radius 3 is 2.47 bits per heavy atom. The fourth-order valence-corrected chi connectivity index (χ4v) is 10.5. The molecule has 0 amide bonds. The van der Waals surface area contributed by atoms with E-state index >= 15 is 0 Å². The van der Waals surface area contributed by atoms with Gasteiger partial charge in [0.2, 0.25) is 0 Å². The van der Waals surface area contributed by atoms with Gasteiger partial charge in [-0.2, -0.15) is 0 Å². The molecule has 0 spiro atoms. The molecule has 30 heavy (non-hydrogen) atoms. The van der Waals surface area contributed by atoms with Crippen molar-refractivity contribution in [3.8, 4) is 0 Å². The van der Waals surface area contributed by atoms with Gasteiger partial charge in [0.25, 0.3) is 0 Å². The summed E-state index contributed by atoms with van der Waals surface area (Å²) in [6, 6.07) is 6.14. The number of fused-ring (bicyclic) bond motifs is 6. The minimum Gasteiger partial charge on any atom is -0.297 e. The van der Waals surface area contributed by atoms with Crippen LogP contribution in [-0.2, 0) is 0 Å². The summed E-state index contributed by atoms with van der Waals surface area (Å²) < 4.78 is 5.31. The van der Waals surface area contributed by atoms with Crippen LogP contribution in [0.25, 0.3) is 24.9 Å². The SMILES string of the molecule is CCN1C2CCCCC2C2CC(/C=C/c3cc4sc5cc(C=O)sc5c4s3)CCC21. The molecule has 3 aromatic rings. The molecular weight excluding hydrogens is 426 g/mol. The molecule has 0 bridgehead atoms. The number of aldehydes is 1. The van der Waals surface area contributed by atoms with E-state index in [0.29, 0.717) is 0 Å². The largest absolute Gasteiger partial charge is 0.297 e. The van der Waals surface area contributed by atoms with Crippen molar-refractivity contribution in [1.82, 2.24) is 4.90 Å². The van der Waals surface area contributed by atoms with E-state index in [0.717, 1.165) is 41.0 Å². The molecular formula is C25H29NOS3. The number of nitrogens with zero attached hydrogens (tertiary/aromatic N) is 1. The van der Waals surface area contributed by atoms with Crippen LogP contribution in [0.2, 0.25) is 0 Å². The monoisotopic (exact) mass is 455 g/mol. The highest BCUT2D eigenvalue weighted by molar-refractivity contribution is 7.39. The van der Waals surface area contributed by atoms with E-state index in [-0.39, 0.29) is 0 Å². The predicted octanol–water partition coefficient (Wildman–Crippen LogP) is 7.68. The van der Waals surface area contributed by atoms with Crippen molar-refractivity contribution < 1.29 is 4.79 Å². The standard InChI is InChI=1S/C25H29NOS3/c1-2-26-20-6-4-3-5-18(20)19-11-15(8-10-21(19)26)7-9-16-12-22-24(28-16)25-23(30-22)13-17(14-27)29-25/h7,9,12-15,18-21H,2-6,8,10-11H2,1H3/b9-7+. The van der Waals surface area contributed by atoms with E-state index in [4.69, 9.17) is 0 Å². The molecule has 5 atom stereocenters. The third-order valence-electron chi connectivity index (χ3n) is 7.96. The van der Waals surface area contributed by atoms with Gasteiger partial charge in [0.15, 0.2) is 6.29 Å². The van der Waals surface area contributed by atoms with Crippen LogP contribution >= 0.6 is 34.0 Å². The van der Waals surface area contributed by atoms with Crippen molar-refractivity contribution in [2.24, 2.45) is 17.8 Å². The lowest BCUT2D eigenvalue weighted by atomic mass is 9.70. The zero-order valence-electron chi connectivity index (χ0n) is 17.5. The van der Waals surface area contributed by atoms with Crippen molar-refractivity contribution >= 4 is 65.2 Å². The minimum atomic E-state index is 0.745. The average Bonchev–Trinajstić information content (AvgIpc) is 3.50. The van der Waals surface area contributed by atoms with Gasteiger partial charge < -0.3 is 0 Å². The molecule has 6 rings (SSSR count). The summed E-state index contributed by atoms with van der Waals surface area (Å²) in [4.78, 5) is 16.2. The second-order valence-electron chi connectivity index (χ2n) is 9.41. The quantitative estimate of drug-likeness (QED) is 0.376. The Hall–Kier alpha value is -1.01. The summed E-state index contributed by atoms with van der Waals surface area (Å²) in [6.45, 7) is 3.63. The Morgan fingerprint density at radius 2 is 1.67 bits per heavy atom. The Bertz CT molecular complexity index is 1100. The molecule has 3 aliphatic rings. The highest BCUT2D eigenvalue weighted by Gasteiger charge is 2.50. The number of likely N-dealkylation sites (tertiary alicyclic amines) is 1. The summed E-state index contributed by atoms with van der Waals surface area (Å²) in [5.74, 6) is 2.64. The second-order valence-corrected chi connectivity index (χ2v) is 12.7. The Balaban J connectivity index is 1.20. The molecule has 2 nitrogen and oxygen atoms in total. The molecule has 1 aliphatic heterocycles. The Kier molecular flexibility index (Phi) is 5.14. The number of carbonyl (C=O) groups is 1. The van der Waals surface area contributed by atoms with Crippen LogP contribution in [0.3, 0.4) is 0 Å². The molecule has 158 valence electrons. The molecule has 0 aromatic carbocycles. The molecule has 0 N–H and O–H groups in total. The highest BCUT2D eigenvalue weighted by Crippen LogP contribution is 2.50. The first-order chi connectivity index (χ1) is 14.7. The van der Waals surface area contributed by atoms with Gasteiger partial charge in [-0.3, -0.25) is 9.69 Å². The van der Waals surface area contributed by atoms with E-state index < -0.39 is 0 Å². The predicted molar refractivity (Wildman–Crippen MR) is 132 cm³/mol. The summed E-state index contributed by atoms with van der Waals surface area (Å²) in [6.07, 6.45) is 15.9. The topological polar surface area (TPSA) is 20.3 Å². The van der Waals surface area contributed by atoms with Gasteiger partial charge in [0.1, 0.15) is 0 Å². The van der Waals surface area contributed by atoms with Gasteiger partial charge in [-0.1, -0.05) is 25.8 Å². The molecule has 4 heterocycles. The molecule has 5 unspecified atom stereocenters. The fourth-order valence-electron chi connectivity index (χ4n) is 6.78. The number of allylic oxidation sites excluding steroid dienone is 1. The normalized spacial score (nSPS) is 32.2. The molecule has 2 aliphatic carbocycles. The number of rotatable bonds is 4.